The number of halogens is 2. The normalized spacial score (nSPS) is 11.7. The topological polar surface area (TPSA) is 80.7 Å². The zero-order chi connectivity index (χ0) is 18.2. The summed E-state index contributed by atoms with van der Waals surface area (Å²) >= 11 is 12.0. The van der Waals surface area contributed by atoms with Crippen molar-refractivity contribution in [3.8, 4) is 0 Å². The fourth-order valence-corrected chi connectivity index (χ4v) is 4.28. The van der Waals surface area contributed by atoms with E-state index in [1.54, 1.807) is 19.5 Å². The molecular weight excluding hydrogens is 380 g/mol. The lowest BCUT2D eigenvalue weighted by atomic mass is 10.2. The second kappa shape index (κ2) is 6.87. The highest BCUT2D eigenvalue weighted by molar-refractivity contribution is 7.71. The molecule has 0 aliphatic heterocycles. The minimum absolute atomic E-state index is 0.0707. The molecule has 0 amide bonds. The van der Waals surface area contributed by atoms with E-state index >= 15 is 0 Å². The average molecular weight is 396 g/mol. The van der Waals surface area contributed by atoms with Crippen molar-refractivity contribution in [3.05, 3.63) is 40.7 Å². The van der Waals surface area contributed by atoms with E-state index in [-0.39, 0.29) is 5.28 Å². The molecule has 0 atom stereocenters. The van der Waals surface area contributed by atoms with Gasteiger partial charge < -0.3 is 9.88 Å². The molecule has 0 bridgehead atoms. The van der Waals surface area contributed by atoms with Gasteiger partial charge in [0.25, 0.3) is 0 Å². The molecule has 2 heterocycles. The number of aromatic nitrogens is 4. The summed E-state index contributed by atoms with van der Waals surface area (Å²) in [7, 11) is -2.65. The summed E-state index contributed by atoms with van der Waals surface area (Å²) < 4.78 is 13.0. The number of nitrogens with one attached hydrogen (secondary N) is 1. The van der Waals surface area contributed by atoms with Crippen LogP contribution in [0, 0.1) is 0 Å². The van der Waals surface area contributed by atoms with Crippen LogP contribution in [0.4, 0.5) is 11.5 Å². The Labute approximate surface area is 155 Å². The Morgan fingerprint density at radius 2 is 1.88 bits per heavy atom. The summed E-state index contributed by atoms with van der Waals surface area (Å²) in [6.45, 7) is 5.40. The van der Waals surface area contributed by atoms with Gasteiger partial charge in [0, 0.05) is 23.3 Å². The average Bonchev–Trinajstić information content (AvgIpc) is 2.56. The van der Waals surface area contributed by atoms with Gasteiger partial charge >= 0.3 is 0 Å². The fourth-order valence-electron chi connectivity index (χ4n) is 2.54. The van der Waals surface area contributed by atoms with Crippen molar-refractivity contribution in [3.63, 3.8) is 0 Å². The lowest BCUT2D eigenvalue weighted by Crippen LogP contribution is -2.13. The number of nitrogens with zero attached hydrogens (tertiary/aromatic N) is 4. The van der Waals surface area contributed by atoms with E-state index in [2.05, 4.69) is 25.3 Å². The van der Waals surface area contributed by atoms with Gasteiger partial charge in [0.15, 0.2) is 5.82 Å². The highest BCUT2D eigenvalue weighted by Crippen LogP contribution is 2.41. The van der Waals surface area contributed by atoms with Gasteiger partial charge in [-0.25, -0.2) is 15.0 Å². The van der Waals surface area contributed by atoms with E-state index < -0.39 is 7.14 Å². The van der Waals surface area contributed by atoms with Crippen LogP contribution in [-0.4, -0.2) is 33.3 Å². The molecule has 0 aliphatic rings. The molecule has 0 radical (unpaired) electrons. The highest BCUT2D eigenvalue weighted by atomic mass is 35.5. The molecule has 25 heavy (non-hydrogen) atoms. The molecule has 0 spiro atoms. The Balaban J connectivity index is 2.21. The second-order valence-corrected chi connectivity index (χ2v) is 9.74. The molecule has 130 valence electrons. The first-order valence-corrected chi connectivity index (χ1v) is 10.9. The molecule has 0 unspecified atom stereocenters. The first-order valence-electron chi connectivity index (χ1n) is 7.59. The third-order valence-corrected chi connectivity index (χ3v) is 5.63. The van der Waals surface area contributed by atoms with Crippen molar-refractivity contribution < 1.29 is 4.57 Å². The third-order valence-electron chi connectivity index (χ3n) is 3.61. The van der Waals surface area contributed by atoms with E-state index in [1.165, 1.54) is 6.20 Å². The number of aryl methyl sites for hydroxylation is 1. The van der Waals surface area contributed by atoms with Crippen LogP contribution in [0.2, 0.25) is 10.3 Å². The van der Waals surface area contributed by atoms with Gasteiger partial charge in [-0.1, -0.05) is 18.5 Å². The molecule has 2 aromatic heterocycles. The molecule has 3 aromatic rings. The van der Waals surface area contributed by atoms with Crippen LogP contribution in [0.25, 0.3) is 10.9 Å². The molecule has 9 heteroatoms. The highest BCUT2D eigenvalue weighted by Gasteiger charge is 2.22. The number of hydrogen-bond donors (Lipinski definition) is 1. The summed E-state index contributed by atoms with van der Waals surface area (Å²) in [5.41, 5.74) is 1.38. The minimum atomic E-state index is -2.65. The summed E-state index contributed by atoms with van der Waals surface area (Å²) in [6.07, 6.45) is 3.86. The van der Waals surface area contributed by atoms with E-state index in [9.17, 15) is 4.57 Å². The Morgan fingerprint density at radius 1 is 1.12 bits per heavy atom. The number of hydrogen-bond acceptors (Lipinski definition) is 6. The van der Waals surface area contributed by atoms with Gasteiger partial charge in [0.2, 0.25) is 5.28 Å². The predicted molar refractivity (Wildman–Crippen MR) is 103 cm³/mol. The molecule has 0 fully saturated rings. The van der Waals surface area contributed by atoms with Crippen molar-refractivity contribution in [2.75, 3.05) is 18.6 Å². The van der Waals surface area contributed by atoms with E-state index in [4.69, 9.17) is 23.2 Å². The Hall–Kier alpha value is -1.75. The zero-order valence-electron chi connectivity index (χ0n) is 13.9. The monoisotopic (exact) mass is 395 g/mol. The molecule has 1 aromatic carbocycles. The van der Waals surface area contributed by atoms with Gasteiger partial charge in [-0.15, -0.1) is 0 Å². The van der Waals surface area contributed by atoms with Crippen LogP contribution in [-0.2, 0) is 11.0 Å². The van der Waals surface area contributed by atoms with E-state index in [0.29, 0.717) is 21.8 Å². The Morgan fingerprint density at radius 3 is 2.56 bits per heavy atom. The van der Waals surface area contributed by atoms with Crippen molar-refractivity contribution in [1.29, 1.82) is 0 Å². The molecule has 0 saturated carbocycles. The van der Waals surface area contributed by atoms with Crippen molar-refractivity contribution in [2.24, 2.45) is 0 Å². The van der Waals surface area contributed by atoms with Crippen LogP contribution >= 0.6 is 30.3 Å². The minimum Gasteiger partial charge on any atom is -0.338 e. The standard InChI is InChI=1S/C16H16Cl2N5OP/c1-4-13-19-7-9-11(21-13)5-6-12(14(9)25(2,3)24)22-15-10(17)8-20-16(18)23-15/h5-8H,4H2,1-3H3,(H,20,22,23). The lowest BCUT2D eigenvalue weighted by molar-refractivity contribution is 0.588. The predicted octanol–water partition coefficient (Wildman–Crippen LogP) is 4.28. The van der Waals surface area contributed by atoms with Gasteiger partial charge in [0.05, 0.1) is 17.4 Å². The number of rotatable bonds is 4. The number of anilines is 2. The molecule has 1 N–H and O–H groups in total. The summed E-state index contributed by atoms with van der Waals surface area (Å²) in [5, 5.41) is 4.89. The van der Waals surface area contributed by atoms with E-state index in [1.807, 2.05) is 19.1 Å². The van der Waals surface area contributed by atoms with Crippen molar-refractivity contribution in [2.45, 2.75) is 13.3 Å². The van der Waals surface area contributed by atoms with Gasteiger partial charge in [0.1, 0.15) is 18.0 Å². The quantitative estimate of drug-likeness (QED) is 0.524. The fraction of sp³-hybridized carbons (Fsp3) is 0.250. The molecule has 6 nitrogen and oxygen atoms in total. The number of fused-ring (bicyclic) bond motifs is 1. The SMILES string of the molecule is CCc1ncc2c(P(C)(C)=O)c(Nc3nc(Cl)ncc3Cl)ccc2n1. The first kappa shape index (κ1) is 18.1. The molecule has 3 rings (SSSR count). The third kappa shape index (κ3) is 3.76. The Kier molecular flexibility index (Phi) is 4.96. The molecular formula is C16H16Cl2N5OP. The Bertz CT molecular complexity index is 1010. The van der Waals surface area contributed by atoms with Crippen molar-refractivity contribution in [1.82, 2.24) is 19.9 Å². The first-order chi connectivity index (χ1) is 11.8. The summed E-state index contributed by atoms with van der Waals surface area (Å²) in [6, 6.07) is 3.67. The zero-order valence-corrected chi connectivity index (χ0v) is 16.3. The van der Waals surface area contributed by atoms with Crippen LogP contribution in [0.15, 0.2) is 24.5 Å². The van der Waals surface area contributed by atoms with Crippen LogP contribution in [0.1, 0.15) is 12.7 Å². The van der Waals surface area contributed by atoms with Crippen molar-refractivity contribution >= 4 is 58.1 Å². The second-order valence-electron chi connectivity index (χ2n) is 5.85. The maximum absolute atomic E-state index is 13.0. The van der Waals surface area contributed by atoms with Crippen LogP contribution in [0.3, 0.4) is 0 Å². The lowest BCUT2D eigenvalue weighted by Gasteiger charge is -2.18. The maximum atomic E-state index is 13.0. The summed E-state index contributed by atoms with van der Waals surface area (Å²) in [4.78, 5) is 16.8. The largest absolute Gasteiger partial charge is 0.338 e. The molecule has 0 saturated heterocycles. The van der Waals surface area contributed by atoms with Gasteiger partial charge in [-0.05, 0) is 37.1 Å². The van der Waals surface area contributed by atoms with Gasteiger partial charge in [-0.2, -0.15) is 4.98 Å². The van der Waals surface area contributed by atoms with Crippen LogP contribution < -0.4 is 10.6 Å². The van der Waals surface area contributed by atoms with E-state index in [0.717, 1.165) is 23.1 Å². The van der Waals surface area contributed by atoms with Crippen LogP contribution in [0.5, 0.6) is 0 Å². The number of benzene rings is 1. The summed E-state index contributed by atoms with van der Waals surface area (Å²) in [5.74, 6) is 1.09. The molecule has 0 aliphatic carbocycles. The maximum Gasteiger partial charge on any atom is 0.224 e. The smallest absolute Gasteiger partial charge is 0.224 e. The van der Waals surface area contributed by atoms with Gasteiger partial charge in [-0.3, -0.25) is 0 Å².